The van der Waals surface area contributed by atoms with Crippen LogP contribution < -0.4 is 0 Å². The van der Waals surface area contributed by atoms with Gasteiger partial charge in [0.25, 0.3) is 0 Å². The molecule has 0 atom stereocenters. The second-order valence-corrected chi connectivity index (χ2v) is 20.0. The first kappa shape index (κ1) is 45.7. The molecule has 0 unspecified atom stereocenters. The number of benzene rings is 1. The molecule has 2 heteroatoms. The standard InChI is InChI=1S/C54H80Br2/c1-5-9-13-17-21-25-29-41-33-47-48(34-41)54(46-38-44(52(56)40-46)32-28-24-20-16-12-8-4)50-36-42(30-26-22-18-14-10-6-2)35-49(50)53(47)45-37-43(51(55)39-45)31-27-23-19-15-11-7-3/h33,36-38H,5-32,34-35,39-40H2,1-4H3. The first-order chi connectivity index (χ1) is 27.5. The molecule has 1 aromatic carbocycles. The molecule has 0 amide bonds. The van der Waals surface area contributed by atoms with Crippen LogP contribution in [-0.4, -0.2) is 0 Å². The summed E-state index contributed by atoms with van der Waals surface area (Å²) < 4.78 is 2.90. The van der Waals surface area contributed by atoms with Crippen molar-refractivity contribution >= 4 is 55.2 Å². The van der Waals surface area contributed by atoms with Gasteiger partial charge in [-0.15, -0.1) is 0 Å². The number of allylic oxidation sites excluding steroid dienone is 10. The van der Waals surface area contributed by atoms with E-state index in [4.69, 9.17) is 0 Å². The summed E-state index contributed by atoms with van der Waals surface area (Å²) >= 11 is 8.28. The third-order valence-electron chi connectivity index (χ3n) is 13.3. The molecule has 0 spiro atoms. The van der Waals surface area contributed by atoms with E-state index in [-0.39, 0.29) is 0 Å². The zero-order valence-corrected chi connectivity index (χ0v) is 39.9. The van der Waals surface area contributed by atoms with Crippen molar-refractivity contribution in [3.63, 3.8) is 0 Å². The average Bonchev–Trinajstić information content (AvgIpc) is 3.98. The van der Waals surface area contributed by atoms with Crippen molar-refractivity contribution in [3.05, 3.63) is 76.8 Å². The van der Waals surface area contributed by atoms with Crippen LogP contribution >= 0.6 is 31.9 Å². The lowest BCUT2D eigenvalue weighted by Gasteiger charge is -2.22. The zero-order chi connectivity index (χ0) is 39.5. The number of hydrogen-bond donors (Lipinski definition) is 0. The highest BCUT2D eigenvalue weighted by Gasteiger charge is 2.33. The molecule has 56 heavy (non-hydrogen) atoms. The fourth-order valence-electron chi connectivity index (χ4n) is 10.0. The van der Waals surface area contributed by atoms with E-state index in [1.165, 1.54) is 189 Å². The van der Waals surface area contributed by atoms with Gasteiger partial charge in [0.05, 0.1) is 0 Å². The Morgan fingerprint density at radius 3 is 1.00 bits per heavy atom. The summed E-state index contributed by atoms with van der Waals surface area (Å²) in [5.41, 5.74) is 19.5. The first-order valence-electron chi connectivity index (χ1n) is 24.3. The van der Waals surface area contributed by atoms with Crippen LogP contribution in [-0.2, 0) is 12.8 Å². The largest absolute Gasteiger partial charge is 0.0654 e. The average molecular weight is 889 g/mol. The van der Waals surface area contributed by atoms with Crippen molar-refractivity contribution in [2.45, 2.75) is 233 Å². The van der Waals surface area contributed by atoms with Gasteiger partial charge in [-0.3, -0.25) is 0 Å². The van der Waals surface area contributed by atoms with Gasteiger partial charge < -0.3 is 0 Å². The molecule has 0 bridgehead atoms. The van der Waals surface area contributed by atoms with Crippen molar-refractivity contribution in [3.8, 4) is 0 Å². The Hall–Kier alpha value is -1.38. The fraction of sp³-hybridized carbons (Fsp3) is 0.667. The van der Waals surface area contributed by atoms with Gasteiger partial charge in [0.1, 0.15) is 0 Å². The SMILES string of the molecule is CCCCCCCCC1=Cc2c(c(C3=CC(CCCCCCCC)=C(Br)C3)c3c(c2C2=CC(CCCCCCCC)=C(Br)C2)CC(CCCCCCCC)=C3)C1. The highest BCUT2D eigenvalue weighted by Crippen LogP contribution is 2.52. The van der Waals surface area contributed by atoms with E-state index in [2.05, 4.69) is 83.9 Å². The molecule has 0 radical (unpaired) electrons. The van der Waals surface area contributed by atoms with Crippen LogP contribution in [0.5, 0.6) is 0 Å². The first-order valence-corrected chi connectivity index (χ1v) is 25.8. The minimum atomic E-state index is 1.06. The Kier molecular flexibility index (Phi) is 20.6. The van der Waals surface area contributed by atoms with Crippen molar-refractivity contribution in [2.75, 3.05) is 0 Å². The van der Waals surface area contributed by atoms with Crippen molar-refractivity contribution < 1.29 is 0 Å². The molecule has 5 rings (SSSR count). The van der Waals surface area contributed by atoms with E-state index in [0.29, 0.717) is 0 Å². The molecule has 0 aliphatic heterocycles. The van der Waals surface area contributed by atoms with Crippen LogP contribution in [0.15, 0.2) is 43.4 Å². The predicted molar refractivity (Wildman–Crippen MR) is 259 cm³/mol. The smallest absolute Gasteiger partial charge is 0.00498 e. The second kappa shape index (κ2) is 25.3. The van der Waals surface area contributed by atoms with E-state index in [1.807, 2.05) is 0 Å². The van der Waals surface area contributed by atoms with Crippen LogP contribution in [0.25, 0.3) is 23.3 Å². The van der Waals surface area contributed by atoms with E-state index in [1.54, 1.807) is 66.8 Å². The molecule has 310 valence electrons. The van der Waals surface area contributed by atoms with Gasteiger partial charge >= 0.3 is 0 Å². The maximum atomic E-state index is 4.14. The fourth-order valence-corrected chi connectivity index (χ4v) is 11.3. The minimum Gasteiger partial charge on any atom is -0.0654 e. The Morgan fingerprint density at radius 1 is 0.357 bits per heavy atom. The van der Waals surface area contributed by atoms with Gasteiger partial charge in [0.15, 0.2) is 0 Å². The van der Waals surface area contributed by atoms with Crippen LogP contribution in [0, 0.1) is 0 Å². The molecule has 1 aromatic rings. The van der Waals surface area contributed by atoms with Crippen LogP contribution in [0.2, 0.25) is 0 Å². The molecule has 0 aromatic heterocycles. The van der Waals surface area contributed by atoms with Gasteiger partial charge in [0, 0.05) is 21.8 Å². The predicted octanol–water partition coefficient (Wildman–Crippen LogP) is 19.4. The number of hydrogen-bond acceptors (Lipinski definition) is 0. The summed E-state index contributed by atoms with van der Waals surface area (Å²) in [5, 5.41) is 0. The quantitative estimate of drug-likeness (QED) is 0.0675. The van der Waals surface area contributed by atoms with Crippen molar-refractivity contribution in [1.82, 2.24) is 0 Å². The maximum absolute atomic E-state index is 4.14. The Balaban J connectivity index is 1.46. The summed E-state index contributed by atoms with van der Waals surface area (Å²) in [7, 11) is 0. The molecular weight excluding hydrogens is 808 g/mol. The lowest BCUT2D eigenvalue weighted by Crippen LogP contribution is -2.05. The number of rotatable bonds is 30. The highest BCUT2D eigenvalue weighted by atomic mass is 79.9. The summed E-state index contributed by atoms with van der Waals surface area (Å²) in [6, 6.07) is 0. The Morgan fingerprint density at radius 2 is 0.661 bits per heavy atom. The van der Waals surface area contributed by atoms with Gasteiger partial charge in [-0.25, -0.2) is 0 Å². The molecule has 0 nitrogen and oxygen atoms in total. The molecule has 0 saturated heterocycles. The monoisotopic (exact) mass is 886 g/mol. The van der Waals surface area contributed by atoms with Crippen LogP contribution in [0.1, 0.15) is 254 Å². The second-order valence-electron chi connectivity index (χ2n) is 18.1. The number of fused-ring (bicyclic) bond motifs is 2. The molecule has 0 N–H and O–H groups in total. The molecule has 4 aliphatic carbocycles. The summed E-state index contributed by atoms with van der Waals surface area (Å²) in [6.07, 6.45) is 52.9. The van der Waals surface area contributed by atoms with Gasteiger partial charge in [0.2, 0.25) is 0 Å². The molecule has 0 heterocycles. The molecular formula is C54H80Br2. The Labute approximate surface area is 363 Å². The molecule has 4 aliphatic rings. The third kappa shape index (κ3) is 13.3. The van der Waals surface area contributed by atoms with Crippen LogP contribution in [0.4, 0.5) is 0 Å². The zero-order valence-electron chi connectivity index (χ0n) is 36.7. The van der Waals surface area contributed by atoms with Gasteiger partial charge in [-0.2, -0.15) is 0 Å². The summed E-state index contributed by atoms with van der Waals surface area (Å²) in [5.74, 6) is 0. The highest BCUT2D eigenvalue weighted by molar-refractivity contribution is 9.12. The van der Waals surface area contributed by atoms with E-state index in [0.717, 1.165) is 25.7 Å². The van der Waals surface area contributed by atoms with Crippen molar-refractivity contribution in [2.24, 2.45) is 0 Å². The van der Waals surface area contributed by atoms with Crippen LogP contribution in [0.3, 0.4) is 0 Å². The topological polar surface area (TPSA) is 0 Å². The number of halogens is 2. The maximum Gasteiger partial charge on any atom is 0.00498 e. The third-order valence-corrected chi connectivity index (χ3v) is 14.9. The van der Waals surface area contributed by atoms with Crippen molar-refractivity contribution in [1.29, 1.82) is 0 Å². The Bertz CT molecular complexity index is 1480. The van der Waals surface area contributed by atoms with E-state index >= 15 is 0 Å². The molecule has 0 saturated carbocycles. The minimum absolute atomic E-state index is 1.06. The number of unbranched alkanes of at least 4 members (excludes halogenated alkanes) is 20. The van der Waals surface area contributed by atoms with Gasteiger partial charge in [-0.05, 0) is 120 Å². The lowest BCUT2D eigenvalue weighted by atomic mass is 9.82. The van der Waals surface area contributed by atoms with Gasteiger partial charge in [-0.1, -0.05) is 223 Å². The lowest BCUT2D eigenvalue weighted by molar-refractivity contribution is 0.605. The normalized spacial score (nSPS) is 16.2. The summed E-state index contributed by atoms with van der Waals surface area (Å²) in [4.78, 5) is 0. The summed E-state index contributed by atoms with van der Waals surface area (Å²) in [6.45, 7) is 9.30. The van der Waals surface area contributed by atoms with E-state index in [9.17, 15) is 0 Å². The van der Waals surface area contributed by atoms with E-state index < -0.39 is 0 Å². The molecule has 0 fully saturated rings.